The molecule has 1 N–H and O–H groups in total. The van der Waals surface area contributed by atoms with Gasteiger partial charge in [0.15, 0.2) is 9.84 Å². The van der Waals surface area contributed by atoms with E-state index in [-0.39, 0.29) is 24.0 Å². The second-order valence-electron chi connectivity index (χ2n) is 4.17. The summed E-state index contributed by atoms with van der Waals surface area (Å²) in [5.41, 5.74) is 0. The number of esters is 1. The zero-order valence-corrected chi connectivity index (χ0v) is 10.5. The molecule has 0 spiro atoms. The number of nitrogens with one attached hydrogen (secondary N) is 1. The van der Waals surface area contributed by atoms with Gasteiger partial charge in [0, 0.05) is 6.04 Å². The Bertz CT molecular complexity index is 335. The van der Waals surface area contributed by atoms with Crippen LogP contribution in [0, 0.1) is 5.92 Å². The Balaban J connectivity index is 2.40. The molecule has 1 atom stereocenters. The Kier molecular flexibility index (Phi) is 4.73. The van der Waals surface area contributed by atoms with Crippen LogP contribution in [-0.4, -0.2) is 46.1 Å². The smallest absolute Gasteiger partial charge is 0.306 e. The molecular formula is C10H19NO4S. The number of hydrogen-bond donors (Lipinski definition) is 1. The molecule has 1 saturated carbocycles. The van der Waals surface area contributed by atoms with Crippen molar-refractivity contribution in [3.05, 3.63) is 0 Å². The van der Waals surface area contributed by atoms with Gasteiger partial charge in [-0.2, -0.15) is 0 Å². The molecule has 0 aromatic heterocycles. The third kappa shape index (κ3) is 4.49. The van der Waals surface area contributed by atoms with Crippen molar-refractivity contribution in [2.75, 3.05) is 25.7 Å². The predicted octanol–water partition coefficient (Wildman–Crippen LogP) is -0.0377. The minimum atomic E-state index is -3.17. The fraction of sp³-hybridized carbons (Fsp3) is 0.900. The van der Waals surface area contributed by atoms with Crippen LogP contribution in [0.15, 0.2) is 0 Å². The lowest BCUT2D eigenvalue weighted by Crippen LogP contribution is -2.36. The largest absolute Gasteiger partial charge is 0.469 e. The van der Waals surface area contributed by atoms with Crippen LogP contribution in [0.1, 0.15) is 19.3 Å². The molecule has 94 valence electrons. The Labute approximate surface area is 96.5 Å². The number of rotatable bonds is 7. The van der Waals surface area contributed by atoms with E-state index in [1.54, 1.807) is 7.05 Å². The van der Waals surface area contributed by atoms with Gasteiger partial charge in [-0.1, -0.05) is 0 Å². The van der Waals surface area contributed by atoms with E-state index in [1.807, 2.05) is 0 Å². The van der Waals surface area contributed by atoms with Gasteiger partial charge in [-0.25, -0.2) is 8.42 Å². The van der Waals surface area contributed by atoms with Gasteiger partial charge in [-0.15, -0.1) is 0 Å². The van der Waals surface area contributed by atoms with Crippen LogP contribution >= 0.6 is 0 Å². The minimum absolute atomic E-state index is 0.0302. The summed E-state index contributed by atoms with van der Waals surface area (Å²) in [7, 11) is -0.130. The number of methoxy groups -OCH3 is 1. The molecule has 1 rings (SSSR count). The molecule has 1 fully saturated rings. The number of carbonyl (C=O) groups excluding carboxylic acids is 1. The van der Waals surface area contributed by atoms with E-state index in [0.29, 0.717) is 5.92 Å². The highest BCUT2D eigenvalue weighted by atomic mass is 32.2. The number of ether oxygens (including phenoxy) is 1. The lowest BCUT2D eigenvalue weighted by atomic mass is 10.2. The average Bonchev–Trinajstić information content (AvgIpc) is 3.06. The normalized spacial score (nSPS) is 18.1. The standard InChI is InChI=1S/C10H19NO4S/c1-11-9(8-3-4-8)7-16(13,14)6-5-10(12)15-2/h8-9,11H,3-7H2,1-2H3. The molecule has 0 amide bonds. The van der Waals surface area contributed by atoms with E-state index < -0.39 is 15.8 Å². The molecule has 16 heavy (non-hydrogen) atoms. The summed E-state index contributed by atoms with van der Waals surface area (Å²) in [6, 6.07) is 0.0302. The van der Waals surface area contributed by atoms with Crippen molar-refractivity contribution in [3.8, 4) is 0 Å². The zero-order valence-electron chi connectivity index (χ0n) is 9.73. The molecule has 1 aliphatic carbocycles. The van der Waals surface area contributed by atoms with E-state index in [4.69, 9.17) is 0 Å². The van der Waals surface area contributed by atoms with Crippen molar-refractivity contribution >= 4 is 15.8 Å². The van der Waals surface area contributed by atoms with Gasteiger partial charge in [0.25, 0.3) is 0 Å². The van der Waals surface area contributed by atoms with Crippen LogP contribution in [0.5, 0.6) is 0 Å². The number of carbonyl (C=O) groups is 1. The molecule has 0 aromatic rings. The van der Waals surface area contributed by atoms with Crippen LogP contribution in [0.3, 0.4) is 0 Å². The number of sulfone groups is 1. The molecule has 1 aliphatic rings. The summed E-state index contributed by atoms with van der Waals surface area (Å²) in [6.45, 7) is 0. The Morgan fingerprint density at radius 3 is 2.56 bits per heavy atom. The number of hydrogen-bond acceptors (Lipinski definition) is 5. The molecule has 6 heteroatoms. The van der Waals surface area contributed by atoms with E-state index in [1.165, 1.54) is 7.11 Å². The van der Waals surface area contributed by atoms with Gasteiger partial charge in [0.05, 0.1) is 25.0 Å². The Hall–Kier alpha value is -0.620. The van der Waals surface area contributed by atoms with Crippen LogP contribution in [0.2, 0.25) is 0 Å². The first-order valence-electron chi connectivity index (χ1n) is 5.43. The van der Waals surface area contributed by atoms with Crippen molar-refractivity contribution in [2.45, 2.75) is 25.3 Å². The summed E-state index contributed by atoms with van der Waals surface area (Å²) >= 11 is 0. The van der Waals surface area contributed by atoms with Crippen molar-refractivity contribution in [1.29, 1.82) is 0 Å². The van der Waals surface area contributed by atoms with Crippen LogP contribution < -0.4 is 5.32 Å². The van der Waals surface area contributed by atoms with Crippen molar-refractivity contribution in [1.82, 2.24) is 5.32 Å². The summed E-state index contributed by atoms with van der Waals surface area (Å²) < 4.78 is 27.8. The fourth-order valence-electron chi connectivity index (χ4n) is 1.65. The van der Waals surface area contributed by atoms with Gasteiger partial charge in [-0.05, 0) is 25.8 Å². The topological polar surface area (TPSA) is 72.5 Å². The maximum atomic E-state index is 11.7. The summed E-state index contributed by atoms with van der Waals surface area (Å²) in [4.78, 5) is 10.9. The summed E-state index contributed by atoms with van der Waals surface area (Å²) in [6.07, 6.45) is 2.13. The second kappa shape index (κ2) is 5.63. The lowest BCUT2D eigenvalue weighted by Gasteiger charge is -2.14. The second-order valence-corrected chi connectivity index (χ2v) is 6.40. The maximum Gasteiger partial charge on any atom is 0.306 e. The first-order chi connectivity index (χ1) is 7.48. The van der Waals surface area contributed by atoms with Crippen LogP contribution in [0.25, 0.3) is 0 Å². The molecule has 0 aromatic carbocycles. The quantitative estimate of drug-likeness (QED) is 0.641. The van der Waals surface area contributed by atoms with Gasteiger partial charge < -0.3 is 10.1 Å². The summed E-state index contributed by atoms with van der Waals surface area (Å²) in [5, 5.41) is 3.03. The molecule has 0 aliphatic heterocycles. The van der Waals surface area contributed by atoms with Crippen molar-refractivity contribution < 1.29 is 17.9 Å². The zero-order chi connectivity index (χ0) is 12.2. The van der Waals surface area contributed by atoms with E-state index in [9.17, 15) is 13.2 Å². The molecule has 0 saturated heterocycles. The third-order valence-electron chi connectivity index (χ3n) is 2.84. The lowest BCUT2D eigenvalue weighted by molar-refractivity contribution is -0.140. The first kappa shape index (κ1) is 13.4. The summed E-state index contributed by atoms with van der Waals surface area (Å²) in [5.74, 6) is 0.00401. The van der Waals surface area contributed by atoms with Gasteiger partial charge in [0.1, 0.15) is 0 Å². The predicted molar refractivity (Wildman–Crippen MR) is 60.9 cm³/mol. The average molecular weight is 249 g/mol. The van der Waals surface area contributed by atoms with Gasteiger partial charge in [-0.3, -0.25) is 4.79 Å². The Morgan fingerprint density at radius 2 is 2.12 bits per heavy atom. The SMILES string of the molecule is CNC(CS(=O)(=O)CCC(=O)OC)C1CC1. The molecule has 0 radical (unpaired) electrons. The first-order valence-corrected chi connectivity index (χ1v) is 7.25. The van der Waals surface area contributed by atoms with Crippen LogP contribution in [0.4, 0.5) is 0 Å². The monoisotopic (exact) mass is 249 g/mol. The highest BCUT2D eigenvalue weighted by molar-refractivity contribution is 7.91. The van der Waals surface area contributed by atoms with Crippen molar-refractivity contribution in [3.63, 3.8) is 0 Å². The van der Waals surface area contributed by atoms with Gasteiger partial charge >= 0.3 is 5.97 Å². The highest BCUT2D eigenvalue weighted by Crippen LogP contribution is 2.33. The van der Waals surface area contributed by atoms with Gasteiger partial charge in [0.2, 0.25) is 0 Å². The highest BCUT2D eigenvalue weighted by Gasteiger charge is 2.33. The van der Waals surface area contributed by atoms with E-state index >= 15 is 0 Å². The van der Waals surface area contributed by atoms with Crippen LogP contribution in [-0.2, 0) is 19.4 Å². The molecule has 1 unspecified atom stereocenters. The van der Waals surface area contributed by atoms with E-state index in [0.717, 1.165) is 12.8 Å². The molecule has 0 heterocycles. The van der Waals surface area contributed by atoms with E-state index in [2.05, 4.69) is 10.1 Å². The molecular weight excluding hydrogens is 230 g/mol. The Morgan fingerprint density at radius 1 is 1.50 bits per heavy atom. The fourth-order valence-corrected chi connectivity index (χ4v) is 3.28. The third-order valence-corrected chi connectivity index (χ3v) is 4.53. The maximum absolute atomic E-state index is 11.7. The molecule has 0 bridgehead atoms. The van der Waals surface area contributed by atoms with Crippen molar-refractivity contribution in [2.24, 2.45) is 5.92 Å². The minimum Gasteiger partial charge on any atom is -0.469 e. The molecule has 5 nitrogen and oxygen atoms in total.